The Balaban J connectivity index is 2.50. The highest BCUT2D eigenvalue weighted by Crippen LogP contribution is 2.24. The van der Waals surface area contributed by atoms with Gasteiger partial charge < -0.3 is 10.6 Å². The molecule has 0 bridgehead atoms. The van der Waals surface area contributed by atoms with Gasteiger partial charge in [-0.2, -0.15) is 0 Å². The Bertz CT molecular complexity index is 223. The highest BCUT2D eigenvalue weighted by molar-refractivity contribution is 5.79. The van der Waals surface area contributed by atoms with Crippen LogP contribution in [0.4, 0.5) is 8.78 Å². The zero-order valence-corrected chi connectivity index (χ0v) is 8.96. The molecule has 1 saturated carbocycles. The van der Waals surface area contributed by atoms with Crippen LogP contribution in [-0.4, -0.2) is 36.9 Å². The number of carbonyl (C=O) groups is 1. The van der Waals surface area contributed by atoms with Crippen LogP contribution in [0.15, 0.2) is 0 Å². The lowest BCUT2D eigenvalue weighted by atomic mass is 9.84. The van der Waals surface area contributed by atoms with E-state index in [0.717, 1.165) is 30.6 Å². The first-order chi connectivity index (χ1) is 7.02. The molecule has 1 aliphatic rings. The zero-order chi connectivity index (χ0) is 11.4. The maximum atomic E-state index is 12.1. The number of nitrogens with two attached hydrogens (primary N) is 1. The summed E-state index contributed by atoms with van der Waals surface area (Å²) in [5.74, 6) is -0.495. The van der Waals surface area contributed by atoms with Gasteiger partial charge in [-0.3, -0.25) is 4.79 Å². The molecule has 1 amide bonds. The molecule has 2 N–H and O–H groups in total. The van der Waals surface area contributed by atoms with Gasteiger partial charge in [0, 0.05) is 13.1 Å². The molecule has 3 nitrogen and oxygen atoms in total. The van der Waals surface area contributed by atoms with Gasteiger partial charge in [0.2, 0.25) is 5.91 Å². The van der Waals surface area contributed by atoms with Gasteiger partial charge in [0.25, 0.3) is 6.43 Å². The van der Waals surface area contributed by atoms with Gasteiger partial charge in [-0.1, -0.05) is 12.8 Å². The van der Waals surface area contributed by atoms with Crippen molar-refractivity contribution in [1.29, 1.82) is 0 Å². The van der Waals surface area contributed by atoms with E-state index in [4.69, 9.17) is 5.73 Å². The SMILES string of the molecule is CN(CC(F)F)C(=O)C1CCCCC1N. The normalized spacial score (nSPS) is 26.7. The Kier molecular flexibility index (Phi) is 4.45. The summed E-state index contributed by atoms with van der Waals surface area (Å²) in [7, 11) is 1.41. The molecule has 0 aromatic rings. The van der Waals surface area contributed by atoms with Crippen molar-refractivity contribution in [2.75, 3.05) is 13.6 Å². The van der Waals surface area contributed by atoms with E-state index in [1.165, 1.54) is 7.05 Å². The molecule has 0 spiro atoms. The second-order valence-electron chi connectivity index (χ2n) is 4.16. The van der Waals surface area contributed by atoms with Gasteiger partial charge in [0.1, 0.15) is 0 Å². The molecule has 0 heterocycles. The maximum absolute atomic E-state index is 12.1. The van der Waals surface area contributed by atoms with Crippen LogP contribution in [-0.2, 0) is 4.79 Å². The maximum Gasteiger partial charge on any atom is 0.255 e. The van der Waals surface area contributed by atoms with E-state index in [9.17, 15) is 13.6 Å². The summed E-state index contributed by atoms with van der Waals surface area (Å²) in [5, 5.41) is 0. The van der Waals surface area contributed by atoms with Crippen molar-refractivity contribution in [3.05, 3.63) is 0 Å². The summed E-state index contributed by atoms with van der Waals surface area (Å²) in [4.78, 5) is 12.9. The second kappa shape index (κ2) is 5.39. The number of hydrogen-bond donors (Lipinski definition) is 1. The van der Waals surface area contributed by atoms with E-state index in [2.05, 4.69) is 0 Å². The van der Waals surface area contributed by atoms with Crippen LogP contribution in [0.3, 0.4) is 0 Å². The number of rotatable bonds is 3. The molecule has 88 valence electrons. The minimum atomic E-state index is -2.47. The summed E-state index contributed by atoms with van der Waals surface area (Å²) < 4.78 is 24.2. The lowest BCUT2D eigenvalue weighted by Gasteiger charge is -2.30. The average Bonchev–Trinajstić information content (AvgIpc) is 2.16. The fourth-order valence-corrected chi connectivity index (χ4v) is 2.05. The summed E-state index contributed by atoms with van der Waals surface area (Å²) in [5.41, 5.74) is 5.81. The predicted octanol–water partition coefficient (Wildman–Crippen LogP) is 1.23. The van der Waals surface area contributed by atoms with Crippen LogP contribution >= 0.6 is 0 Å². The largest absolute Gasteiger partial charge is 0.340 e. The third-order valence-corrected chi connectivity index (χ3v) is 2.92. The third kappa shape index (κ3) is 3.41. The van der Waals surface area contributed by atoms with E-state index in [1.54, 1.807) is 0 Å². The number of carbonyl (C=O) groups excluding carboxylic acids is 1. The number of hydrogen-bond acceptors (Lipinski definition) is 2. The molecular formula is C10H18F2N2O. The Morgan fingerprint density at radius 2 is 2.07 bits per heavy atom. The van der Waals surface area contributed by atoms with Gasteiger partial charge in [0.15, 0.2) is 0 Å². The average molecular weight is 220 g/mol. The van der Waals surface area contributed by atoms with Crippen molar-refractivity contribution in [3.63, 3.8) is 0 Å². The van der Waals surface area contributed by atoms with Crippen LogP contribution in [0.25, 0.3) is 0 Å². The number of alkyl halides is 2. The van der Waals surface area contributed by atoms with Crippen molar-refractivity contribution < 1.29 is 13.6 Å². The van der Waals surface area contributed by atoms with Crippen molar-refractivity contribution in [1.82, 2.24) is 4.90 Å². The van der Waals surface area contributed by atoms with Crippen molar-refractivity contribution >= 4 is 5.91 Å². The Labute approximate surface area is 88.6 Å². The summed E-state index contributed by atoms with van der Waals surface area (Å²) >= 11 is 0. The molecule has 5 heteroatoms. The van der Waals surface area contributed by atoms with E-state index < -0.39 is 13.0 Å². The fraction of sp³-hybridized carbons (Fsp3) is 0.900. The fourth-order valence-electron chi connectivity index (χ4n) is 2.05. The lowest BCUT2D eigenvalue weighted by molar-refractivity contribution is -0.137. The standard InChI is InChI=1S/C10H18F2N2O/c1-14(6-9(11)12)10(15)7-4-2-3-5-8(7)13/h7-9H,2-6,13H2,1H3. The summed E-state index contributed by atoms with van der Waals surface area (Å²) in [6.07, 6.45) is 1.07. The first-order valence-electron chi connectivity index (χ1n) is 5.31. The van der Waals surface area contributed by atoms with Gasteiger partial charge >= 0.3 is 0 Å². The molecule has 1 fully saturated rings. The molecule has 0 saturated heterocycles. The third-order valence-electron chi connectivity index (χ3n) is 2.92. The molecule has 0 radical (unpaired) electrons. The Hall–Kier alpha value is -0.710. The second-order valence-corrected chi connectivity index (χ2v) is 4.16. The first kappa shape index (κ1) is 12.4. The van der Waals surface area contributed by atoms with Crippen LogP contribution < -0.4 is 5.73 Å². The minimum absolute atomic E-state index is 0.161. The molecule has 1 rings (SSSR count). The van der Waals surface area contributed by atoms with E-state index in [1.807, 2.05) is 0 Å². The number of amides is 1. The van der Waals surface area contributed by atoms with Crippen LogP contribution in [0.1, 0.15) is 25.7 Å². The molecule has 2 atom stereocenters. The van der Waals surface area contributed by atoms with Gasteiger partial charge in [0.05, 0.1) is 12.5 Å². The quantitative estimate of drug-likeness (QED) is 0.777. The lowest BCUT2D eigenvalue weighted by Crippen LogP contribution is -2.45. The first-order valence-corrected chi connectivity index (χ1v) is 5.31. The van der Waals surface area contributed by atoms with E-state index >= 15 is 0 Å². The monoisotopic (exact) mass is 220 g/mol. The topological polar surface area (TPSA) is 46.3 Å². The molecule has 0 aliphatic heterocycles. The highest BCUT2D eigenvalue weighted by atomic mass is 19.3. The van der Waals surface area contributed by atoms with Crippen molar-refractivity contribution in [3.8, 4) is 0 Å². The predicted molar refractivity (Wildman–Crippen MR) is 53.6 cm³/mol. The molecular weight excluding hydrogens is 202 g/mol. The molecule has 0 aromatic carbocycles. The van der Waals surface area contributed by atoms with Crippen molar-refractivity contribution in [2.45, 2.75) is 38.2 Å². The van der Waals surface area contributed by atoms with Gasteiger partial charge in [-0.15, -0.1) is 0 Å². The molecule has 1 aliphatic carbocycles. The number of nitrogens with zero attached hydrogens (tertiary/aromatic N) is 1. The number of halogens is 2. The molecule has 15 heavy (non-hydrogen) atoms. The molecule has 2 unspecified atom stereocenters. The van der Waals surface area contributed by atoms with Crippen LogP contribution in [0.2, 0.25) is 0 Å². The molecule has 0 aromatic heterocycles. The Morgan fingerprint density at radius 1 is 1.47 bits per heavy atom. The van der Waals surface area contributed by atoms with Crippen molar-refractivity contribution in [2.24, 2.45) is 11.7 Å². The van der Waals surface area contributed by atoms with Crippen LogP contribution in [0, 0.1) is 5.92 Å². The zero-order valence-electron chi connectivity index (χ0n) is 8.96. The highest BCUT2D eigenvalue weighted by Gasteiger charge is 2.30. The van der Waals surface area contributed by atoms with E-state index in [0.29, 0.717) is 0 Å². The van der Waals surface area contributed by atoms with E-state index in [-0.39, 0.29) is 17.9 Å². The van der Waals surface area contributed by atoms with Crippen LogP contribution in [0.5, 0.6) is 0 Å². The Morgan fingerprint density at radius 3 is 2.60 bits per heavy atom. The summed E-state index contributed by atoms with van der Waals surface area (Å²) in [6, 6.07) is -0.161. The van der Waals surface area contributed by atoms with Gasteiger partial charge in [-0.25, -0.2) is 8.78 Å². The van der Waals surface area contributed by atoms with Gasteiger partial charge in [-0.05, 0) is 12.8 Å². The minimum Gasteiger partial charge on any atom is -0.340 e. The smallest absolute Gasteiger partial charge is 0.255 e. The summed E-state index contributed by atoms with van der Waals surface area (Å²) in [6.45, 7) is -0.498.